The van der Waals surface area contributed by atoms with Gasteiger partial charge >= 0.3 is 0 Å². The molecule has 0 spiro atoms. The summed E-state index contributed by atoms with van der Waals surface area (Å²) in [6, 6.07) is 18.5. The molecule has 1 saturated heterocycles. The number of rotatable bonds is 7. The predicted octanol–water partition coefficient (Wildman–Crippen LogP) is 3.80. The Bertz CT molecular complexity index is 1250. The van der Waals surface area contributed by atoms with Crippen LogP contribution >= 0.6 is 0 Å². The summed E-state index contributed by atoms with van der Waals surface area (Å²) in [5.41, 5.74) is 3.88. The molecule has 8 heteroatoms. The van der Waals surface area contributed by atoms with Crippen LogP contribution in [0, 0.1) is 5.92 Å². The Kier molecular flexibility index (Phi) is 6.29. The minimum Gasteiger partial charge on any atom is -0.495 e. The van der Waals surface area contributed by atoms with Crippen LogP contribution in [0.2, 0.25) is 0 Å². The van der Waals surface area contributed by atoms with Gasteiger partial charge in [0.2, 0.25) is 0 Å². The van der Waals surface area contributed by atoms with E-state index in [0.29, 0.717) is 12.5 Å². The number of para-hydroxylation sites is 2. The lowest BCUT2D eigenvalue weighted by Crippen LogP contribution is -2.47. The van der Waals surface area contributed by atoms with Crippen molar-refractivity contribution in [2.24, 2.45) is 5.92 Å². The van der Waals surface area contributed by atoms with Crippen molar-refractivity contribution in [2.45, 2.75) is 26.8 Å². The third-order valence-corrected chi connectivity index (χ3v) is 6.16. The summed E-state index contributed by atoms with van der Waals surface area (Å²) in [7, 11) is 1.72. The fourth-order valence-corrected chi connectivity index (χ4v) is 4.48. The van der Waals surface area contributed by atoms with Crippen LogP contribution in [0.3, 0.4) is 0 Å². The van der Waals surface area contributed by atoms with E-state index >= 15 is 0 Å². The van der Waals surface area contributed by atoms with Crippen molar-refractivity contribution in [3.63, 3.8) is 0 Å². The molecule has 8 nitrogen and oxygen atoms in total. The van der Waals surface area contributed by atoms with Crippen molar-refractivity contribution in [2.75, 3.05) is 43.1 Å². The van der Waals surface area contributed by atoms with E-state index in [0.717, 1.165) is 66.8 Å². The van der Waals surface area contributed by atoms with Crippen LogP contribution in [0.5, 0.6) is 5.75 Å². The average molecular weight is 458 g/mol. The molecule has 0 saturated carbocycles. The van der Waals surface area contributed by atoms with E-state index in [1.165, 1.54) is 5.56 Å². The molecule has 0 aliphatic carbocycles. The number of benzene rings is 2. The van der Waals surface area contributed by atoms with E-state index in [9.17, 15) is 0 Å². The molecule has 2 aromatic heterocycles. The number of ether oxygens (including phenoxy) is 1. The topological polar surface area (TPSA) is 72.2 Å². The molecule has 1 fully saturated rings. The van der Waals surface area contributed by atoms with Crippen molar-refractivity contribution in [1.29, 1.82) is 0 Å². The Morgan fingerprint density at radius 2 is 1.59 bits per heavy atom. The molecule has 0 radical (unpaired) electrons. The Balaban J connectivity index is 1.44. The molecule has 1 aliphatic rings. The first-order valence-corrected chi connectivity index (χ1v) is 11.9. The highest BCUT2D eigenvalue weighted by atomic mass is 16.5. The van der Waals surface area contributed by atoms with Gasteiger partial charge in [0.05, 0.1) is 19.3 Å². The molecular formula is C26H31N7O. The molecule has 0 bridgehead atoms. The maximum absolute atomic E-state index is 5.58. The van der Waals surface area contributed by atoms with Gasteiger partial charge in [0.25, 0.3) is 0 Å². The molecule has 3 heterocycles. The number of fused-ring (bicyclic) bond motifs is 1. The summed E-state index contributed by atoms with van der Waals surface area (Å²) in [5, 5.41) is 8.99. The lowest BCUT2D eigenvalue weighted by atomic mass is 10.1. The standard InChI is InChI=1S/C26H31N7O/c1-19(2)17-23-27-25(24-26(28-23)33(30-29-24)18-20-9-5-4-6-10-20)32-15-13-31(14-16-32)21-11-7-8-12-22(21)34-3/h4-12,19H,13-18H2,1-3H3. The van der Waals surface area contributed by atoms with Gasteiger partial charge in [-0.1, -0.05) is 61.5 Å². The molecule has 2 aromatic carbocycles. The van der Waals surface area contributed by atoms with Crippen LogP contribution in [-0.4, -0.2) is 58.3 Å². The summed E-state index contributed by atoms with van der Waals surface area (Å²) < 4.78 is 7.47. The maximum atomic E-state index is 5.58. The van der Waals surface area contributed by atoms with E-state index < -0.39 is 0 Å². The zero-order valence-corrected chi connectivity index (χ0v) is 20.1. The highest BCUT2D eigenvalue weighted by Gasteiger charge is 2.25. The van der Waals surface area contributed by atoms with Gasteiger partial charge < -0.3 is 14.5 Å². The van der Waals surface area contributed by atoms with E-state index in [1.54, 1.807) is 7.11 Å². The number of piperazine rings is 1. The van der Waals surface area contributed by atoms with Gasteiger partial charge in [-0.15, -0.1) is 5.10 Å². The zero-order chi connectivity index (χ0) is 23.5. The first-order valence-electron chi connectivity index (χ1n) is 11.9. The van der Waals surface area contributed by atoms with E-state index in [4.69, 9.17) is 14.7 Å². The van der Waals surface area contributed by atoms with Crippen LogP contribution in [0.15, 0.2) is 54.6 Å². The summed E-state index contributed by atoms with van der Waals surface area (Å²) >= 11 is 0. The lowest BCUT2D eigenvalue weighted by molar-refractivity contribution is 0.413. The van der Waals surface area contributed by atoms with E-state index in [-0.39, 0.29) is 0 Å². The smallest absolute Gasteiger partial charge is 0.184 e. The molecule has 34 heavy (non-hydrogen) atoms. The summed E-state index contributed by atoms with van der Waals surface area (Å²) in [5.74, 6) is 3.11. The third-order valence-electron chi connectivity index (χ3n) is 6.16. The van der Waals surface area contributed by atoms with Crippen molar-refractivity contribution in [3.05, 3.63) is 66.0 Å². The van der Waals surface area contributed by atoms with Crippen LogP contribution in [-0.2, 0) is 13.0 Å². The number of hydrogen-bond donors (Lipinski definition) is 0. The van der Waals surface area contributed by atoms with Crippen LogP contribution < -0.4 is 14.5 Å². The first-order chi connectivity index (χ1) is 16.6. The largest absolute Gasteiger partial charge is 0.495 e. The minimum atomic E-state index is 0.464. The summed E-state index contributed by atoms with van der Waals surface area (Å²) in [4.78, 5) is 14.5. The first kappa shape index (κ1) is 22.1. The molecule has 176 valence electrons. The van der Waals surface area contributed by atoms with Gasteiger partial charge in [0.15, 0.2) is 17.0 Å². The SMILES string of the molecule is COc1ccccc1N1CCN(c2nc(CC(C)C)nc3c2nnn3Cc2ccccc2)CC1. The normalized spacial score (nSPS) is 14.2. The van der Waals surface area contributed by atoms with Gasteiger partial charge in [-0.2, -0.15) is 0 Å². The monoisotopic (exact) mass is 457 g/mol. The van der Waals surface area contributed by atoms with E-state index in [1.807, 2.05) is 35.0 Å². The van der Waals surface area contributed by atoms with Crippen LogP contribution in [0.25, 0.3) is 11.2 Å². The maximum Gasteiger partial charge on any atom is 0.184 e. The summed E-state index contributed by atoms with van der Waals surface area (Å²) in [6.45, 7) is 8.47. The van der Waals surface area contributed by atoms with E-state index in [2.05, 4.69) is 58.2 Å². The Hall–Kier alpha value is -3.68. The van der Waals surface area contributed by atoms with Crippen molar-refractivity contribution < 1.29 is 4.74 Å². The lowest BCUT2D eigenvalue weighted by Gasteiger charge is -2.37. The quantitative estimate of drug-likeness (QED) is 0.418. The van der Waals surface area contributed by atoms with Crippen LogP contribution in [0.4, 0.5) is 11.5 Å². The fraction of sp³-hybridized carbons (Fsp3) is 0.385. The number of aromatic nitrogens is 5. The fourth-order valence-electron chi connectivity index (χ4n) is 4.48. The molecule has 5 rings (SSSR count). The van der Waals surface area contributed by atoms with Crippen molar-refractivity contribution in [1.82, 2.24) is 25.0 Å². The highest BCUT2D eigenvalue weighted by Crippen LogP contribution is 2.30. The Morgan fingerprint density at radius 1 is 0.882 bits per heavy atom. The number of methoxy groups -OCH3 is 1. The van der Waals surface area contributed by atoms with Gasteiger partial charge in [0.1, 0.15) is 11.6 Å². The highest BCUT2D eigenvalue weighted by molar-refractivity contribution is 5.83. The Labute approximate surface area is 200 Å². The predicted molar refractivity (Wildman–Crippen MR) is 135 cm³/mol. The molecule has 0 atom stereocenters. The number of hydrogen-bond acceptors (Lipinski definition) is 7. The minimum absolute atomic E-state index is 0.464. The second kappa shape index (κ2) is 9.67. The molecule has 0 amide bonds. The molecule has 1 aliphatic heterocycles. The third kappa shape index (κ3) is 4.53. The Morgan fingerprint density at radius 3 is 2.32 bits per heavy atom. The van der Waals surface area contributed by atoms with Crippen LogP contribution in [0.1, 0.15) is 25.2 Å². The van der Waals surface area contributed by atoms with Crippen molar-refractivity contribution >= 4 is 22.7 Å². The molecule has 0 unspecified atom stereocenters. The summed E-state index contributed by atoms with van der Waals surface area (Å²) in [6.07, 6.45) is 0.820. The second-order valence-corrected chi connectivity index (χ2v) is 9.11. The van der Waals surface area contributed by atoms with Gasteiger partial charge in [-0.3, -0.25) is 0 Å². The van der Waals surface area contributed by atoms with Gasteiger partial charge in [-0.25, -0.2) is 14.6 Å². The van der Waals surface area contributed by atoms with Gasteiger partial charge in [0, 0.05) is 32.6 Å². The molecule has 4 aromatic rings. The molecule has 0 N–H and O–H groups in total. The van der Waals surface area contributed by atoms with Crippen molar-refractivity contribution in [3.8, 4) is 5.75 Å². The van der Waals surface area contributed by atoms with Gasteiger partial charge in [-0.05, 0) is 23.6 Å². The number of nitrogens with zero attached hydrogens (tertiary/aromatic N) is 7. The number of anilines is 2. The molecular weight excluding hydrogens is 426 g/mol. The average Bonchev–Trinajstić information content (AvgIpc) is 3.26. The zero-order valence-electron chi connectivity index (χ0n) is 20.1. The second-order valence-electron chi connectivity index (χ2n) is 9.11.